The zero-order chi connectivity index (χ0) is 13.6. The minimum Gasteiger partial charge on any atom is -0.495 e. The normalized spacial score (nSPS) is 13.4. The van der Waals surface area contributed by atoms with Crippen molar-refractivity contribution in [3.8, 4) is 5.75 Å². The molecule has 0 saturated carbocycles. The fourth-order valence-corrected chi connectivity index (χ4v) is 2.13. The van der Waals surface area contributed by atoms with E-state index in [1.165, 1.54) is 0 Å². The second-order valence-corrected chi connectivity index (χ2v) is 4.69. The Hall–Kier alpha value is -1.13. The zero-order valence-electron chi connectivity index (χ0n) is 12.0. The fraction of sp³-hybridized carbons (Fsp3) is 0.643. The van der Waals surface area contributed by atoms with Crippen molar-refractivity contribution in [3.05, 3.63) is 24.0 Å². The van der Waals surface area contributed by atoms with Crippen LogP contribution in [0.1, 0.15) is 39.3 Å². The molecular weight excluding hydrogens is 228 g/mol. The van der Waals surface area contributed by atoms with Crippen molar-refractivity contribution >= 4 is 0 Å². The maximum Gasteiger partial charge on any atom is 0.137 e. The van der Waals surface area contributed by atoms with Gasteiger partial charge in [-0.1, -0.05) is 6.92 Å². The minimum absolute atomic E-state index is 0.0880. The lowest BCUT2D eigenvalue weighted by atomic mass is 9.92. The topological polar surface area (TPSA) is 43.4 Å². The molecule has 1 heterocycles. The van der Waals surface area contributed by atoms with Gasteiger partial charge in [-0.25, -0.2) is 0 Å². The number of hydrogen-bond acceptors (Lipinski definition) is 4. The summed E-state index contributed by atoms with van der Waals surface area (Å²) in [6, 6.07) is 2.09. The standard InChI is InChI=1S/C14H24N2O2/c1-6-16-13(14(3,4)18-7-2)11-8-12(17-5)10-15-9-11/h8-10,13,16H,6-7H2,1-5H3. The Morgan fingerprint density at radius 1 is 1.33 bits per heavy atom. The van der Waals surface area contributed by atoms with Gasteiger partial charge in [0.2, 0.25) is 0 Å². The van der Waals surface area contributed by atoms with Crippen LogP contribution in [0.5, 0.6) is 5.75 Å². The first-order valence-corrected chi connectivity index (χ1v) is 6.41. The van der Waals surface area contributed by atoms with E-state index in [0.717, 1.165) is 17.9 Å². The fourth-order valence-electron chi connectivity index (χ4n) is 2.13. The molecule has 1 N–H and O–H groups in total. The average molecular weight is 252 g/mol. The number of aromatic nitrogens is 1. The molecule has 0 aliphatic carbocycles. The molecule has 1 unspecified atom stereocenters. The number of pyridine rings is 1. The quantitative estimate of drug-likeness (QED) is 0.810. The third-order valence-electron chi connectivity index (χ3n) is 2.92. The number of likely N-dealkylation sites (N-methyl/N-ethyl adjacent to an activating group) is 1. The molecule has 0 bridgehead atoms. The van der Waals surface area contributed by atoms with Crippen molar-refractivity contribution in [1.82, 2.24) is 10.3 Å². The zero-order valence-corrected chi connectivity index (χ0v) is 12.0. The van der Waals surface area contributed by atoms with Crippen molar-refractivity contribution in [2.75, 3.05) is 20.3 Å². The summed E-state index contributed by atoms with van der Waals surface area (Å²) in [6.45, 7) is 9.83. The Bertz CT molecular complexity index is 367. The molecule has 0 amide bonds. The monoisotopic (exact) mass is 252 g/mol. The van der Waals surface area contributed by atoms with E-state index in [4.69, 9.17) is 9.47 Å². The molecule has 1 aromatic rings. The summed E-state index contributed by atoms with van der Waals surface area (Å²) < 4.78 is 11.1. The van der Waals surface area contributed by atoms with Crippen molar-refractivity contribution in [3.63, 3.8) is 0 Å². The summed E-state index contributed by atoms with van der Waals surface area (Å²) >= 11 is 0. The lowest BCUT2D eigenvalue weighted by Gasteiger charge is -2.35. The van der Waals surface area contributed by atoms with Crippen LogP contribution in [0.3, 0.4) is 0 Å². The summed E-state index contributed by atoms with van der Waals surface area (Å²) in [5, 5.41) is 3.45. The highest BCUT2D eigenvalue weighted by molar-refractivity contribution is 5.27. The summed E-state index contributed by atoms with van der Waals surface area (Å²) in [7, 11) is 1.65. The summed E-state index contributed by atoms with van der Waals surface area (Å²) in [5.41, 5.74) is 0.786. The van der Waals surface area contributed by atoms with Crippen LogP contribution >= 0.6 is 0 Å². The molecule has 0 fully saturated rings. The Balaban J connectivity index is 3.02. The lowest BCUT2D eigenvalue weighted by molar-refractivity contribution is -0.0389. The third-order valence-corrected chi connectivity index (χ3v) is 2.92. The van der Waals surface area contributed by atoms with Crippen LogP contribution in [0.25, 0.3) is 0 Å². The molecule has 1 rings (SSSR count). The van der Waals surface area contributed by atoms with E-state index in [1.807, 2.05) is 19.2 Å². The van der Waals surface area contributed by atoms with Gasteiger partial charge in [-0.05, 0) is 38.9 Å². The van der Waals surface area contributed by atoms with E-state index in [0.29, 0.717) is 6.61 Å². The molecule has 102 valence electrons. The second kappa shape index (κ2) is 6.71. The largest absolute Gasteiger partial charge is 0.495 e. The highest BCUT2D eigenvalue weighted by Gasteiger charge is 2.31. The van der Waals surface area contributed by atoms with Gasteiger partial charge in [-0.2, -0.15) is 0 Å². The van der Waals surface area contributed by atoms with Gasteiger partial charge in [0.15, 0.2) is 0 Å². The number of ether oxygens (including phenoxy) is 2. The minimum atomic E-state index is -0.293. The van der Waals surface area contributed by atoms with Gasteiger partial charge in [-0.3, -0.25) is 4.98 Å². The Kier molecular flexibility index (Phi) is 5.56. The molecule has 0 aliphatic rings. The average Bonchev–Trinajstić information content (AvgIpc) is 2.35. The first kappa shape index (κ1) is 14.9. The molecule has 1 atom stereocenters. The van der Waals surface area contributed by atoms with E-state index in [1.54, 1.807) is 13.3 Å². The van der Waals surface area contributed by atoms with Crippen LogP contribution in [0.15, 0.2) is 18.5 Å². The maximum atomic E-state index is 5.84. The van der Waals surface area contributed by atoms with Crippen LogP contribution < -0.4 is 10.1 Å². The molecule has 18 heavy (non-hydrogen) atoms. The van der Waals surface area contributed by atoms with Gasteiger partial charge >= 0.3 is 0 Å². The molecule has 1 aromatic heterocycles. The Labute approximate surface area is 110 Å². The van der Waals surface area contributed by atoms with Gasteiger partial charge in [-0.15, -0.1) is 0 Å². The number of nitrogens with zero attached hydrogens (tertiary/aromatic N) is 1. The first-order valence-electron chi connectivity index (χ1n) is 6.41. The van der Waals surface area contributed by atoms with E-state index < -0.39 is 0 Å². The van der Waals surface area contributed by atoms with E-state index in [9.17, 15) is 0 Å². The molecule has 0 saturated heterocycles. The number of rotatable bonds is 7. The van der Waals surface area contributed by atoms with Gasteiger partial charge in [0.05, 0.1) is 24.9 Å². The maximum absolute atomic E-state index is 5.84. The summed E-state index contributed by atoms with van der Waals surface area (Å²) in [5.74, 6) is 0.766. The predicted molar refractivity (Wildman–Crippen MR) is 72.9 cm³/mol. The van der Waals surface area contributed by atoms with Crippen molar-refractivity contribution in [2.45, 2.75) is 39.3 Å². The highest BCUT2D eigenvalue weighted by Crippen LogP contribution is 2.30. The third kappa shape index (κ3) is 3.68. The van der Waals surface area contributed by atoms with Crippen LogP contribution in [-0.2, 0) is 4.74 Å². The highest BCUT2D eigenvalue weighted by atomic mass is 16.5. The SMILES string of the molecule is CCNC(c1cncc(OC)c1)C(C)(C)OCC. The molecule has 0 radical (unpaired) electrons. The molecule has 0 aromatic carbocycles. The van der Waals surface area contributed by atoms with Crippen molar-refractivity contribution < 1.29 is 9.47 Å². The van der Waals surface area contributed by atoms with Gasteiger partial charge < -0.3 is 14.8 Å². The second-order valence-electron chi connectivity index (χ2n) is 4.69. The van der Waals surface area contributed by atoms with E-state index >= 15 is 0 Å². The Morgan fingerprint density at radius 3 is 2.61 bits per heavy atom. The smallest absolute Gasteiger partial charge is 0.137 e. The van der Waals surface area contributed by atoms with Crippen molar-refractivity contribution in [2.24, 2.45) is 0 Å². The number of nitrogens with one attached hydrogen (secondary N) is 1. The van der Waals surface area contributed by atoms with Crippen molar-refractivity contribution in [1.29, 1.82) is 0 Å². The lowest BCUT2D eigenvalue weighted by Crippen LogP contribution is -2.41. The molecular formula is C14H24N2O2. The molecule has 4 nitrogen and oxygen atoms in total. The van der Waals surface area contributed by atoms with E-state index in [2.05, 4.69) is 31.1 Å². The molecule has 4 heteroatoms. The van der Waals surface area contributed by atoms with E-state index in [-0.39, 0.29) is 11.6 Å². The van der Waals surface area contributed by atoms with Crippen LogP contribution in [0.2, 0.25) is 0 Å². The molecule has 0 spiro atoms. The van der Waals surface area contributed by atoms with Gasteiger partial charge in [0, 0.05) is 12.8 Å². The molecule has 0 aliphatic heterocycles. The van der Waals surface area contributed by atoms with Gasteiger partial charge in [0.25, 0.3) is 0 Å². The number of hydrogen-bond donors (Lipinski definition) is 1. The van der Waals surface area contributed by atoms with Crippen LogP contribution in [0.4, 0.5) is 0 Å². The summed E-state index contributed by atoms with van der Waals surface area (Å²) in [6.07, 6.45) is 3.57. The van der Waals surface area contributed by atoms with Gasteiger partial charge in [0.1, 0.15) is 5.75 Å². The Morgan fingerprint density at radius 2 is 2.06 bits per heavy atom. The predicted octanol–water partition coefficient (Wildman–Crippen LogP) is 2.56. The first-order chi connectivity index (χ1) is 8.55. The summed E-state index contributed by atoms with van der Waals surface area (Å²) in [4.78, 5) is 4.21. The van der Waals surface area contributed by atoms with Crippen LogP contribution in [-0.4, -0.2) is 30.8 Å². The number of methoxy groups -OCH3 is 1. The van der Waals surface area contributed by atoms with Crippen LogP contribution in [0, 0.1) is 0 Å².